The van der Waals surface area contributed by atoms with Gasteiger partial charge in [0.2, 0.25) is 5.91 Å². The van der Waals surface area contributed by atoms with Crippen LogP contribution in [0.3, 0.4) is 0 Å². The third kappa shape index (κ3) is 4.02. The molecule has 1 N–H and O–H groups in total. The fourth-order valence-electron chi connectivity index (χ4n) is 2.67. The van der Waals surface area contributed by atoms with Gasteiger partial charge in [-0.25, -0.2) is 9.37 Å². The minimum absolute atomic E-state index is 0.124. The summed E-state index contributed by atoms with van der Waals surface area (Å²) in [5, 5.41) is 12.9. The zero-order valence-corrected chi connectivity index (χ0v) is 16.5. The van der Waals surface area contributed by atoms with Gasteiger partial charge >= 0.3 is 0 Å². The van der Waals surface area contributed by atoms with Crippen molar-refractivity contribution in [3.63, 3.8) is 0 Å². The van der Waals surface area contributed by atoms with Crippen LogP contribution in [0.5, 0.6) is 0 Å². The molecular formula is C20H15FN4OS2. The lowest BCUT2D eigenvalue weighted by Crippen LogP contribution is -2.14. The number of aromatic nitrogens is 3. The first-order valence-corrected chi connectivity index (χ1v) is 10.3. The summed E-state index contributed by atoms with van der Waals surface area (Å²) in [7, 11) is 0. The highest BCUT2D eigenvalue weighted by atomic mass is 32.2. The Kier molecular flexibility index (Phi) is 5.31. The van der Waals surface area contributed by atoms with E-state index < -0.39 is 0 Å². The number of thiazole rings is 1. The normalized spacial score (nSPS) is 10.9. The smallest absolute Gasteiger partial charge is 0.234 e. The molecule has 0 aliphatic rings. The highest BCUT2D eigenvalue weighted by Crippen LogP contribution is 2.35. The molecule has 0 unspecified atom stereocenters. The summed E-state index contributed by atoms with van der Waals surface area (Å²) in [4.78, 5) is 16.8. The Balaban J connectivity index is 1.57. The number of halogens is 1. The van der Waals surface area contributed by atoms with Crippen LogP contribution in [0.25, 0.3) is 21.5 Å². The predicted molar refractivity (Wildman–Crippen MR) is 111 cm³/mol. The number of fused-ring (bicyclic) bond motifs is 1. The number of benzene rings is 2. The molecule has 0 aliphatic carbocycles. The van der Waals surface area contributed by atoms with E-state index >= 15 is 0 Å². The van der Waals surface area contributed by atoms with Crippen molar-refractivity contribution in [2.75, 3.05) is 11.1 Å². The first kappa shape index (κ1) is 18.5. The van der Waals surface area contributed by atoms with E-state index in [-0.39, 0.29) is 17.5 Å². The average Bonchev–Trinajstić information content (AvgIpc) is 3.09. The molecule has 140 valence electrons. The first-order chi connectivity index (χ1) is 13.6. The Hall–Kier alpha value is -2.84. The van der Waals surface area contributed by atoms with E-state index in [0.717, 1.165) is 21.0 Å². The Morgan fingerprint density at radius 1 is 1.11 bits per heavy atom. The third-order valence-electron chi connectivity index (χ3n) is 3.91. The standard InChI is InChI=1S/C20H15FN4OS2/c1-12-22-18-19(28-12)17(13-7-9-14(21)10-8-13)24-25-20(18)27-11-16(26)23-15-5-3-2-4-6-15/h2-10H,11H2,1H3,(H,23,26). The molecule has 1 amide bonds. The van der Waals surface area contributed by atoms with Crippen LogP contribution in [0.1, 0.15) is 5.01 Å². The number of hydrogen-bond donors (Lipinski definition) is 1. The maximum Gasteiger partial charge on any atom is 0.234 e. The topological polar surface area (TPSA) is 67.8 Å². The van der Waals surface area contributed by atoms with E-state index in [2.05, 4.69) is 20.5 Å². The van der Waals surface area contributed by atoms with Gasteiger partial charge in [-0.3, -0.25) is 4.79 Å². The van der Waals surface area contributed by atoms with Gasteiger partial charge in [0.25, 0.3) is 0 Å². The highest BCUT2D eigenvalue weighted by molar-refractivity contribution is 8.00. The highest BCUT2D eigenvalue weighted by Gasteiger charge is 2.17. The van der Waals surface area contributed by atoms with E-state index in [4.69, 9.17) is 0 Å². The predicted octanol–water partition coefficient (Wildman–Crippen LogP) is 4.93. The van der Waals surface area contributed by atoms with Gasteiger partial charge in [0.05, 0.1) is 15.5 Å². The molecule has 0 saturated carbocycles. The van der Waals surface area contributed by atoms with Gasteiger partial charge < -0.3 is 5.32 Å². The summed E-state index contributed by atoms with van der Waals surface area (Å²) >= 11 is 2.80. The van der Waals surface area contributed by atoms with Crippen molar-refractivity contribution in [1.29, 1.82) is 0 Å². The summed E-state index contributed by atoms with van der Waals surface area (Å²) in [5.74, 6) is -0.226. The molecule has 4 rings (SSSR count). The van der Waals surface area contributed by atoms with Crippen LogP contribution in [-0.2, 0) is 4.79 Å². The van der Waals surface area contributed by atoms with Crippen LogP contribution in [-0.4, -0.2) is 26.8 Å². The molecule has 8 heteroatoms. The van der Waals surface area contributed by atoms with E-state index in [1.165, 1.54) is 35.2 Å². The molecule has 5 nitrogen and oxygen atoms in total. The van der Waals surface area contributed by atoms with Crippen molar-refractivity contribution in [3.05, 3.63) is 65.4 Å². The Bertz CT molecular complexity index is 1130. The second-order valence-electron chi connectivity index (χ2n) is 5.97. The van der Waals surface area contributed by atoms with Crippen molar-refractivity contribution in [3.8, 4) is 11.3 Å². The van der Waals surface area contributed by atoms with Gasteiger partial charge in [-0.1, -0.05) is 30.0 Å². The number of nitrogens with one attached hydrogen (secondary N) is 1. The van der Waals surface area contributed by atoms with Crippen LogP contribution >= 0.6 is 23.1 Å². The number of para-hydroxylation sites is 1. The lowest BCUT2D eigenvalue weighted by atomic mass is 10.1. The minimum Gasteiger partial charge on any atom is -0.325 e. The summed E-state index contributed by atoms with van der Waals surface area (Å²) in [6.07, 6.45) is 0. The maximum absolute atomic E-state index is 13.2. The van der Waals surface area contributed by atoms with E-state index in [9.17, 15) is 9.18 Å². The summed E-state index contributed by atoms with van der Waals surface area (Å²) in [5.41, 5.74) is 2.91. The van der Waals surface area contributed by atoms with Crippen molar-refractivity contribution in [1.82, 2.24) is 15.2 Å². The SMILES string of the molecule is Cc1nc2c(SCC(=O)Nc3ccccc3)nnc(-c3ccc(F)cc3)c2s1. The lowest BCUT2D eigenvalue weighted by Gasteiger charge is -2.06. The molecule has 0 fully saturated rings. The van der Waals surface area contributed by atoms with Gasteiger partial charge in [0.1, 0.15) is 22.1 Å². The number of thioether (sulfide) groups is 1. The zero-order chi connectivity index (χ0) is 19.5. The maximum atomic E-state index is 13.2. The number of carbonyl (C=O) groups is 1. The third-order valence-corrected chi connectivity index (χ3v) is 5.84. The Labute approximate surface area is 169 Å². The van der Waals surface area contributed by atoms with Crippen LogP contribution in [0.15, 0.2) is 59.6 Å². The quantitative estimate of drug-likeness (QED) is 0.473. The number of carbonyl (C=O) groups excluding carboxylic acids is 1. The number of rotatable bonds is 5. The number of amides is 1. The molecule has 0 bridgehead atoms. The monoisotopic (exact) mass is 410 g/mol. The Morgan fingerprint density at radius 2 is 1.86 bits per heavy atom. The van der Waals surface area contributed by atoms with Crippen molar-refractivity contribution in [2.24, 2.45) is 0 Å². The van der Waals surface area contributed by atoms with Crippen LogP contribution < -0.4 is 5.32 Å². The number of hydrogen-bond acceptors (Lipinski definition) is 6. The van der Waals surface area contributed by atoms with Gasteiger partial charge in [0, 0.05) is 11.3 Å². The second kappa shape index (κ2) is 8.04. The summed E-state index contributed by atoms with van der Waals surface area (Å²) in [6.45, 7) is 1.91. The van der Waals surface area contributed by atoms with Crippen LogP contribution in [0.4, 0.5) is 10.1 Å². The van der Waals surface area contributed by atoms with Crippen molar-refractivity contribution in [2.45, 2.75) is 11.9 Å². The van der Waals surface area contributed by atoms with Gasteiger partial charge in [-0.05, 0) is 43.3 Å². The molecule has 2 aromatic carbocycles. The fourth-order valence-corrected chi connectivity index (χ4v) is 4.38. The van der Waals surface area contributed by atoms with Crippen molar-refractivity contribution < 1.29 is 9.18 Å². The van der Waals surface area contributed by atoms with Gasteiger partial charge in [0.15, 0.2) is 0 Å². The number of aryl methyl sites for hydroxylation is 1. The molecule has 0 aliphatic heterocycles. The molecule has 0 saturated heterocycles. The van der Waals surface area contributed by atoms with Crippen LogP contribution in [0.2, 0.25) is 0 Å². The molecule has 0 atom stereocenters. The first-order valence-electron chi connectivity index (χ1n) is 8.47. The lowest BCUT2D eigenvalue weighted by molar-refractivity contribution is -0.113. The van der Waals surface area contributed by atoms with Crippen LogP contribution in [0, 0.1) is 12.7 Å². The molecule has 0 radical (unpaired) electrons. The average molecular weight is 410 g/mol. The zero-order valence-electron chi connectivity index (χ0n) is 14.8. The van der Waals surface area contributed by atoms with Gasteiger partial charge in [-0.2, -0.15) is 0 Å². The van der Waals surface area contributed by atoms with E-state index in [1.54, 1.807) is 12.1 Å². The molecule has 2 aromatic heterocycles. The summed E-state index contributed by atoms with van der Waals surface area (Å²) < 4.78 is 14.1. The summed E-state index contributed by atoms with van der Waals surface area (Å²) in [6, 6.07) is 15.4. The number of nitrogens with zero attached hydrogens (tertiary/aromatic N) is 3. The van der Waals surface area contributed by atoms with E-state index in [0.29, 0.717) is 16.2 Å². The van der Waals surface area contributed by atoms with E-state index in [1.807, 2.05) is 37.3 Å². The van der Waals surface area contributed by atoms with Gasteiger partial charge in [-0.15, -0.1) is 21.5 Å². The Morgan fingerprint density at radius 3 is 2.61 bits per heavy atom. The molecular weight excluding hydrogens is 395 g/mol. The molecule has 28 heavy (non-hydrogen) atoms. The second-order valence-corrected chi connectivity index (χ2v) is 8.14. The fraction of sp³-hybridized carbons (Fsp3) is 0.100. The largest absolute Gasteiger partial charge is 0.325 e. The minimum atomic E-state index is -0.301. The molecule has 4 aromatic rings. The van der Waals surface area contributed by atoms with Crippen molar-refractivity contribution >= 4 is 44.9 Å². The number of anilines is 1. The molecule has 0 spiro atoms. The molecule has 2 heterocycles.